The van der Waals surface area contributed by atoms with Gasteiger partial charge in [0.25, 0.3) is 5.91 Å². The topological polar surface area (TPSA) is 47.6 Å². The second-order valence-corrected chi connectivity index (χ2v) is 6.82. The Morgan fingerprint density at radius 1 is 1.08 bits per heavy atom. The number of nitrogens with one attached hydrogen (secondary N) is 1. The first-order valence-electron chi connectivity index (χ1n) is 9.33. The highest BCUT2D eigenvalue weighted by molar-refractivity contribution is 5.77. The fraction of sp³-hybridized carbons (Fsp3) is 0.409. The van der Waals surface area contributed by atoms with E-state index in [-0.39, 0.29) is 17.9 Å². The molecule has 0 atom stereocenters. The fourth-order valence-corrected chi connectivity index (χ4v) is 3.41. The van der Waals surface area contributed by atoms with Crippen LogP contribution in [0.2, 0.25) is 0 Å². The Hall–Kier alpha value is -2.33. The summed E-state index contributed by atoms with van der Waals surface area (Å²) >= 11 is 0. The molecule has 0 radical (unpaired) electrons. The van der Waals surface area contributed by atoms with Gasteiger partial charge in [-0.15, -0.1) is 0 Å². The van der Waals surface area contributed by atoms with Gasteiger partial charge in [0.2, 0.25) is 0 Å². The van der Waals surface area contributed by atoms with Gasteiger partial charge in [0, 0.05) is 25.2 Å². The summed E-state index contributed by atoms with van der Waals surface area (Å²) in [6.07, 6.45) is 2.82. The first-order chi connectivity index (χ1) is 12.7. The summed E-state index contributed by atoms with van der Waals surface area (Å²) in [5.74, 6) is 0.632. The van der Waals surface area contributed by atoms with E-state index in [1.165, 1.54) is 11.1 Å². The highest BCUT2D eigenvalue weighted by Crippen LogP contribution is 2.34. The van der Waals surface area contributed by atoms with Crippen molar-refractivity contribution in [2.24, 2.45) is 0 Å². The summed E-state index contributed by atoms with van der Waals surface area (Å²) in [6.45, 7) is 4.21. The largest absolute Gasteiger partial charge is 0.484 e. The van der Waals surface area contributed by atoms with Gasteiger partial charge in [0.1, 0.15) is 5.75 Å². The summed E-state index contributed by atoms with van der Waals surface area (Å²) in [4.78, 5) is 12.3. The lowest BCUT2D eigenvalue weighted by atomic mass is 9.74. The molecule has 2 aromatic rings. The molecule has 0 unspecified atom stereocenters. The van der Waals surface area contributed by atoms with Crippen molar-refractivity contribution in [3.8, 4) is 5.75 Å². The van der Waals surface area contributed by atoms with Crippen molar-refractivity contribution in [2.75, 3.05) is 26.4 Å². The zero-order valence-electron chi connectivity index (χ0n) is 15.4. The Balaban J connectivity index is 1.55. The molecule has 3 rings (SSSR count). The van der Waals surface area contributed by atoms with E-state index < -0.39 is 0 Å². The molecular formula is C22H27NO3. The van der Waals surface area contributed by atoms with Crippen LogP contribution in [-0.4, -0.2) is 32.3 Å². The van der Waals surface area contributed by atoms with Gasteiger partial charge in [-0.3, -0.25) is 4.79 Å². The first-order valence-corrected chi connectivity index (χ1v) is 9.33. The van der Waals surface area contributed by atoms with Crippen molar-refractivity contribution >= 4 is 5.91 Å². The number of benzene rings is 2. The molecule has 0 bridgehead atoms. The molecule has 0 saturated carbocycles. The van der Waals surface area contributed by atoms with E-state index in [1.54, 1.807) is 0 Å². The SMILES string of the molecule is CCc1ccc(OCC(=O)NCC2(c3ccccc3)CCOCC2)cc1. The molecule has 2 aromatic carbocycles. The Morgan fingerprint density at radius 3 is 2.42 bits per heavy atom. The molecule has 1 heterocycles. The molecule has 1 aliphatic rings. The minimum Gasteiger partial charge on any atom is -0.484 e. The molecule has 0 spiro atoms. The summed E-state index contributed by atoms with van der Waals surface area (Å²) < 4.78 is 11.1. The number of ether oxygens (including phenoxy) is 2. The first kappa shape index (κ1) is 18.5. The minimum absolute atomic E-state index is 0.0346. The van der Waals surface area contributed by atoms with Gasteiger partial charge < -0.3 is 14.8 Å². The van der Waals surface area contributed by atoms with Crippen molar-refractivity contribution in [3.05, 3.63) is 65.7 Å². The van der Waals surface area contributed by atoms with E-state index in [0.29, 0.717) is 6.54 Å². The van der Waals surface area contributed by atoms with Crippen LogP contribution in [0.3, 0.4) is 0 Å². The maximum atomic E-state index is 12.3. The van der Waals surface area contributed by atoms with Crippen LogP contribution >= 0.6 is 0 Å². The lowest BCUT2D eigenvalue weighted by Crippen LogP contribution is -2.45. The van der Waals surface area contributed by atoms with E-state index in [4.69, 9.17) is 9.47 Å². The minimum atomic E-state index is -0.0913. The Kier molecular flexibility index (Phi) is 6.29. The highest BCUT2D eigenvalue weighted by atomic mass is 16.5. The van der Waals surface area contributed by atoms with Gasteiger partial charge in [0.15, 0.2) is 6.61 Å². The average molecular weight is 353 g/mol. The highest BCUT2D eigenvalue weighted by Gasteiger charge is 2.34. The average Bonchev–Trinajstić information content (AvgIpc) is 2.72. The molecule has 0 aromatic heterocycles. The summed E-state index contributed by atoms with van der Waals surface area (Å²) in [7, 11) is 0. The summed E-state index contributed by atoms with van der Waals surface area (Å²) in [6, 6.07) is 18.3. The molecule has 1 aliphatic heterocycles. The second kappa shape index (κ2) is 8.86. The molecule has 4 nitrogen and oxygen atoms in total. The zero-order valence-corrected chi connectivity index (χ0v) is 15.4. The molecule has 0 aliphatic carbocycles. The Bertz CT molecular complexity index is 691. The van der Waals surface area contributed by atoms with Gasteiger partial charge in [0.05, 0.1) is 0 Å². The van der Waals surface area contributed by atoms with Gasteiger partial charge in [-0.1, -0.05) is 49.4 Å². The van der Waals surface area contributed by atoms with Crippen LogP contribution in [-0.2, 0) is 21.4 Å². The van der Waals surface area contributed by atoms with Gasteiger partial charge in [-0.2, -0.15) is 0 Å². The molecular weight excluding hydrogens is 326 g/mol. The van der Waals surface area contributed by atoms with Crippen LogP contribution in [0.25, 0.3) is 0 Å². The van der Waals surface area contributed by atoms with Gasteiger partial charge >= 0.3 is 0 Å². The number of rotatable bonds is 7. The van der Waals surface area contributed by atoms with Crippen LogP contribution in [0.5, 0.6) is 5.75 Å². The maximum absolute atomic E-state index is 12.3. The van der Waals surface area contributed by atoms with Crippen LogP contribution in [0.15, 0.2) is 54.6 Å². The molecule has 1 amide bonds. The van der Waals surface area contributed by atoms with E-state index in [0.717, 1.165) is 38.2 Å². The number of hydrogen-bond donors (Lipinski definition) is 1. The number of amides is 1. The van der Waals surface area contributed by atoms with Crippen molar-refractivity contribution in [3.63, 3.8) is 0 Å². The van der Waals surface area contributed by atoms with Crippen molar-refractivity contribution in [1.29, 1.82) is 0 Å². The van der Waals surface area contributed by atoms with Crippen LogP contribution in [0.4, 0.5) is 0 Å². The molecule has 4 heteroatoms. The third-order valence-corrected chi connectivity index (χ3v) is 5.16. The summed E-state index contributed by atoms with van der Waals surface area (Å²) in [5.41, 5.74) is 2.46. The molecule has 26 heavy (non-hydrogen) atoms. The molecule has 1 saturated heterocycles. The number of carbonyl (C=O) groups is 1. The zero-order chi connectivity index (χ0) is 18.2. The lowest BCUT2D eigenvalue weighted by molar-refractivity contribution is -0.123. The van der Waals surface area contributed by atoms with Crippen LogP contribution in [0, 0.1) is 0 Å². The van der Waals surface area contributed by atoms with E-state index in [2.05, 4.69) is 36.5 Å². The number of hydrogen-bond acceptors (Lipinski definition) is 3. The lowest BCUT2D eigenvalue weighted by Gasteiger charge is -2.38. The number of aryl methyl sites for hydroxylation is 1. The standard InChI is InChI=1S/C22H27NO3/c1-2-18-8-10-20(11-9-18)26-16-21(24)23-17-22(12-14-25-15-13-22)19-6-4-3-5-7-19/h3-11H,2,12-17H2,1H3,(H,23,24). The van der Waals surface area contributed by atoms with Gasteiger partial charge in [-0.25, -0.2) is 0 Å². The van der Waals surface area contributed by atoms with E-state index >= 15 is 0 Å². The Morgan fingerprint density at radius 2 is 1.77 bits per heavy atom. The molecule has 138 valence electrons. The summed E-state index contributed by atoms with van der Waals surface area (Å²) in [5, 5.41) is 3.07. The monoisotopic (exact) mass is 353 g/mol. The Labute approximate surface area is 155 Å². The van der Waals surface area contributed by atoms with Crippen molar-refractivity contribution in [1.82, 2.24) is 5.32 Å². The third kappa shape index (κ3) is 4.64. The smallest absolute Gasteiger partial charge is 0.257 e. The van der Waals surface area contributed by atoms with Crippen LogP contribution < -0.4 is 10.1 Å². The maximum Gasteiger partial charge on any atom is 0.257 e. The normalized spacial score (nSPS) is 16.0. The predicted molar refractivity (Wildman–Crippen MR) is 102 cm³/mol. The molecule has 1 N–H and O–H groups in total. The van der Waals surface area contributed by atoms with Gasteiger partial charge in [-0.05, 0) is 42.5 Å². The van der Waals surface area contributed by atoms with Crippen LogP contribution in [0.1, 0.15) is 30.9 Å². The molecule has 1 fully saturated rings. The predicted octanol–water partition coefficient (Wildman–Crippen LogP) is 3.49. The quantitative estimate of drug-likeness (QED) is 0.829. The number of carbonyl (C=O) groups excluding carboxylic acids is 1. The van der Waals surface area contributed by atoms with E-state index in [1.807, 2.05) is 30.3 Å². The third-order valence-electron chi connectivity index (χ3n) is 5.16. The van der Waals surface area contributed by atoms with Crippen molar-refractivity contribution in [2.45, 2.75) is 31.6 Å². The second-order valence-electron chi connectivity index (χ2n) is 6.82. The fourth-order valence-electron chi connectivity index (χ4n) is 3.41. The van der Waals surface area contributed by atoms with Crippen molar-refractivity contribution < 1.29 is 14.3 Å². The van der Waals surface area contributed by atoms with E-state index in [9.17, 15) is 4.79 Å².